The SMILES string of the molecule is CC/C=C\C/C=C\C/C=C\C/C=C\CCCCCCCCCCCCCCCCCCC(=O)OCC(COC(=O)CCCCCCC/C=C\C/C=C\CCCCCC)OC(=O)CCCCCCCC/C=C\C/C=C\C/C=C\C/C=C\CC. The maximum Gasteiger partial charge on any atom is 0.306 e. The number of carbonyl (C=O) groups is 3. The van der Waals surface area contributed by atoms with Gasteiger partial charge in [0.2, 0.25) is 0 Å². The first kappa shape index (κ1) is 77.8. The third kappa shape index (κ3) is 66.6. The molecule has 1 atom stereocenters. The molecule has 0 bridgehead atoms. The summed E-state index contributed by atoms with van der Waals surface area (Å²) in [6.07, 6.45) is 96.4. The fourth-order valence-electron chi connectivity index (χ4n) is 9.57. The van der Waals surface area contributed by atoms with Crippen LogP contribution in [0.5, 0.6) is 0 Å². The summed E-state index contributed by atoms with van der Waals surface area (Å²) in [6, 6.07) is 0. The highest BCUT2D eigenvalue weighted by Crippen LogP contribution is 2.17. The number of rotatable bonds is 62. The normalized spacial score (nSPS) is 12.9. The van der Waals surface area contributed by atoms with E-state index in [1.807, 2.05) is 0 Å². The predicted octanol–water partition coefficient (Wildman–Crippen LogP) is 23.9. The monoisotopic (exact) mass is 1140 g/mol. The Morgan fingerprint density at radius 1 is 0.256 bits per heavy atom. The summed E-state index contributed by atoms with van der Waals surface area (Å²) in [5.41, 5.74) is 0. The van der Waals surface area contributed by atoms with Crippen LogP contribution in [0.4, 0.5) is 0 Å². The molecule has 468 valence electrons. The van der Waals surface area contributed by atoms with Gasteiger partial charge in [-0.25, -0.2) is 0 Å². The van der Waals surface area contributed by atoms with Crippen molar-refractivity contribution in [1.29, 1.82) is 0 Å². The van der Waals surface area contributed by atoms with Crippen molar-refractivity contribution in [3.8, 4) is 0 Å². The van der Waals surface area contributed by atoms with Crippen LogP contribution in [0.1, 0.15) is 323 Å². The molecule has 0 aromatic heterocycles. The fraction of sp³-hybridized carbons (Fsp3) is 0.697. The van der Waals surface area contributed by atoms with Gasteiger partial charge in [-0.05, 0) is 128 Å². The van der Waals surface area contributed by atoms with Crippen molar-refractivity contribution >= 4 is 17.9 Å². The molecule has 0 amide bonds. The molecule has 0 aliphatic rings. The Bertz CT molecular complexity index is 1690. The van der Waals surface area contributed by atoms with E-state index >= 15 is 0 Å². The quantitative estimate of drug-likeness (QED) is 0.0261. The molecule has 0 spiro atoms. The van der Waals surface area contributed by atoms with E-state index < -0.39 is 6.10 Å². The highest BCUT2D eigenvalue weighted by Gasteiger charge is 2.19. The average Bonchev–Trinajstić information content (AvgIpc) is 3.47. The molecule has 0 heterocycles. The Labute approximate surface area is 507 Å². The standard InChI is InChI=1S/C76H128O6/c1-4-7-10-13-16-19-22-25-28-31-33-34-35-36-37-38-39-40-41-42-44-45-48-51-54-57-60-63-66-69-75(78)81-72-73(71-80-74(77)68-65-62-59-56-53-50-47-30-27-24-21-18-15-12-9-6-3)82-76(79)70-67-64-61-58-55-52-49-46-43-32-29-26-23-20-17-14-11-8-5-2/h7-8,10-11,16-17,19-21,24-26,28-30,33-34,43,46-47,73H,4-6,9,12-15,18,22-23,27,31-32,35-42,44-45,48-72H2,1-3H3/b10-7-,11-8-,19-16-,20-17-,24-21-,28-25-,29-26-,34-33-,46-43-,47-30-. The zero-order valence-corrected chi connectivity index (χ0v) is 53.7. The van der Waals surface area contributed by atoms with Gasteiger partial charge in [-0.2, -0.15) is 0 Å². The number of hydrogen-bond donors (Lipinski definition) is 0. The van der Waals surface area contributed by atoms with Gasteiger partial charge in [0.25, 0.3) is 0 Å². The molecule has 82 heavy (non-hydrogen) atoms. The smallest absolute Gasteiger partial charge is 0.306 e. The Balaban J connectivity index is 4.32. The van der Waals surface area contributed by atoms with Gasteiger partial charge in [0, 0.05) is 19.3 Å². The second-order valence-electron chi connectivity index (χ2n) is 22.7. The third-order valence-corrected chi connectivity index (χ3v) is 14.7. The van der Waals surface area contributed by atoms with Crippen LogP contribution in [-0.4, -0.2) is 37.2 Å². The highest BCUT2D eigenvalue weighted by atomic mass is 16.6. The van der Waals surface area contributed by atoms with Gasteiger partial charge in [-0.3, -0.25) is 14.4 Å². The van der Waals surface area contributed by atoms with Crippen LogP contribution >= 0.6 is 0 Å². The first-order valence-electron chi connectivity index (χ1n) is 34.5. The van der Waals surface area contributed by atoms with Gasteiger partial charge in [0.15, 0.2) is 6.10 Å². The molecule has 0 aliphatic carbocycles. The van der Waals surface area contributed by atoms with Crippen LogP contribution in [0.25, 0.3) is 0 Å². The van der Waals surface area contributed by atoms with E-state index in [2.05, 4.69) is 142 Å². The van der Waals surface area contributed by atoms with Crippen molar-refractivity contribution in [3.63, 3.8) is 0 Å². The van der Waals surface area contributed by atoms with Crippen LogP contribution in [0.15, 0.2) is 122 Å². The van der Waals surface area contributed by atoms with Crippen molar-refractivity contribution < 1.29 is 28.6 Å². The molecule has 0 radical (unpaired) electrons. The van der Waals surface area contributed by atoms with Gasteiger partial charge in [-0.1, -0.05) is 296 Å². The lowest BCUT2D eigenvalue weighted by Gasteiger charge is -2.18. The number of unbranched alkanes of at least 4 members (excludes halogenated alkanes) is 31. The molecule has 0 N–H and O–H groups in total. The maximum absolute atomic E-state index is 12.9. The molecule has 0 rings (SSSR count). The predicted molar refractivity (Wildman–Crippen MR) is 357 cm³/mol. The number of hydrogen-bond acceptors (Lipinski definition) is 6. The molecular formula is C76H128O6. The Hall–Kier alpha value is -4.19. The number of ether oxygens (including phenoxy) is 3. The van der Waals surface area contributed by atoms with Crippen LogP contribution < -0.4 is 0 Å². The highest BCUT2D eigenvalue weighted by molar-refractivity contribution is 5.71. The number of carbonyl (C=O) groups excluding carboxylic acids is 3. The summed E-state index contributed by atoms with van der Waals surface area (Å²) < 4.78 is 17.0. The van der Waals surface area contributed by atoms with Crippen molar-refractivity contribution in [1.82, 2.24) is 0 Å². The topological polar surface area (TPSA) is 78.9 Å². The first-order valence-corrected chi connectivity index (χ1v) is 34.5. The summed E-state index contributed by atoms with van der Waals surface area (Å²) in [7, 11) is 0. The largest absolute Gasteiger partial charge is 0.462 e. The van der Waals surface area contributed by atoms with Gasteiger partial charge in [0.1, 0.15) is 13.2 Å². The number of esters is 3. The van der Waals surface area contributed by atoms with E-state index in [-0.39, 0.29) is 31.1 Å². The van der Waals surface area contributed by atoms with E-state index in [4.69, 9.17) is 14.2 Å². The zero-order valence-electron chi connectivity index (χ0n) is 53.7. The molecular weight excluding hydrogens is 1010 g/mol. The van der Waals surface area contributed by atoms with Gasteiger partial charge in [-0.15, -0.1) is 0 Å². The minimum atomic E-state index is -0.795. The second kappa shape index (κ2) is 69.3. The molecule has 0 fully saturated rings. The molecule has 0 aliphatic heterocycles. The Morgan fingerprint density at radius 2 is 0.476 bits per heavy atom. The van der Waals surface area contributed by atoms with Gasteiger partial charge < -0.3 is 14.2 Å². The Kier molecular flexibility index (Phi) is 65.8. The second-order valence-corrected chi connectivity index (χ2v) is 22.7. The van der Waals surface area contributed by atoms with E-state index in [0.717, 1.165) is 148 Å². The van der Waals surface area contributed by atoms with Crippen molar-refractivity contribution in [2.24, 2.45) is 0 Å². The van der Waals surface area contributed by atoms with Gasteiger partial charge >= 0.3 is 17.9 Å². The first-order chi connectivity index (χ1) is 40.5. The lowest BCUT2D eigenvalue weighted by Crippen LogP contribution is -2.30. The fourth-order valence-corrected chi connectivity index (χ4v) is 9.57. The summed E-state index contributed by atoms with van der Waals surface area (Å²) in [5.74, 6) is -0.906. The number of allylic oxidation sites excluding steroid dienone is 20. The molecule has 0 saturated heterocycles. The average molecular weight is 1140 g/mol. The van der Waals surface area contributed by atoms with Crippen molar-refractivity contribution in [2.75, 3.05) is 13.2 Å². The molecule has 6 nitrogen and oxygen atoms in total. The van der Waals surface area contributed by atoms with Crippen LogP contribution in [-0.2, 0) is 28.6 Å². The van der Waals surface area contributed by atoms with Crippen molar-refractivity contribution in [2.45, 2.75) is 329 Å². The van der Waals surface area contributed by atoms with Crippen LogP contribution in [0.3, 0.4) is 0 Å². The minimum absolute atomic E-state index is 0.0886. The molecule has 1 unspecified atom stereocenters. The summed E-state index contributed by atoms with van der Waals surface area (Å²) in [4.78, 5) is 38.4. The molecule has 6 heteroatoms. The minimum Gasteiger partial charge on any atom is -0.462 e. The Morgan fingerprint density at radius 3 is 0.744 bits per heavy atom. The van der Waals surface area contributed by atoms with Crippen molar-refractivity contribution in [3.05, 3.63) is 122 Å². The van der Waals surface area contributed by atoms with Crippen LogP contribution in [0, 0.1) is 0 Å². The molecule has 0 aromatic rings. The summed E-state index contributed by atoms with van der Waals surface area (Å²) in [6.45, 7) is 6.40. The lowest BCUT2D eigenvalue weighted by molar-refractivity contribution is -0.167. The van der Waals surface area contributed by atoms with Gasteiger partial charge in [0.05, 0.1) is 0 Å². The summed E-state index contributed by atoms with van der Waals surface area (Å²) >= 11 is 0. The van der Waals surface area contributed by atoms with E-state index in [9.17, 15) is 14.4 Å². The maximum atomic E-state index is 12.9. The lowest BCUT2D eigenvalue weighted by atomic mass is 10.0. The zero-order chi connectivity index (χ0) is 59.2. The summed E-state index contributed by atoms with van der Waals surface area (Å²) in [5, 5.41) is 0. The van der Waals surface area contributed by atoms with E-state index in [0.29, 0.717) is 19.3 Å². The van der Waals surface area contributed by atoms with E-state index in [1.54, 1.807) is 0 Å². The molecule has 0 aromatic carbocycles. The van der Waals surface area contributed by atoms with E-state index in [1.165, 1.54) is 135 Å². The molecule has 0 saturated carbocycles. The van der Waals surface area contributed by atoms with Crippen LogP contribution in [0.2, 0.25) is 0 Å². The third-order valence-electron chi connectivity index (χ3n) is 14.7.